The van der Waals surface area contributed by atoms with Crippen molar-refractivity contribution in [3.8, 4) is 0 Å². The second-order valence-corrected chi connectivity index (χ2v) is 5.14. The van der Waals surface area contributed by atoms with Gasteiger partial charge in [0.25, 0.3) is 0 Å². The Morgan fingerprint density at radius 2 is 1.43 bits per heavy atom. The van der Waals surface area contributed by atoms with Gasteiger partial charge < -0.3 is 14.2 Å². The van der Waals surface area contributed by atoms with Crippen LogP contribution in [0.3, 0.4) is 0 Å². The van der Waals surface area contributed by atoms with Crippen LogP contribution in [-0.4, -0.2) is 25.3 Å². The molecule has 4 heteroatoms. The molecule has 0 amide bonds. The first-order valence-corrected chi connectivity index (χ1v) is 7.69. The molecular formula is C19H22O4. The van der Waals surface area contributed by atoms with Crippen molar-refractivity contribution in [2.75, 3.05) is 13.2 Å². The number of benzene rings is 2. The number of ether oxygens (including phenoxy) is 3. The van der Waals surface area contributed by atoms with Crippen LogP contribution < -0.4 is 0 Å². The maximum absolute atomic E-state index is 11.8. The predicted molar refractivity (Wildman–Crippen MR) is 87.8 cm³/mol. The summed E-state index contributed by atoms with van der Waals surface area (Å²) in [6.45, 7) is 3.28. The molecule has 4 nitrogen and oxygen atoms in total. The maximum Gasteiger partial charge on any atom is 0.335 e. The van der Waals surface area contributed by atoms with Gasteiger partial charge in [0.1, 0.15) is 6.61 Å². The maximum atomic E-state index is 11.8. The van der Waals surface area contributed by atoms with Crippen molar-refractivity contribution in [2.45, 2.75) is 26.2 Å². The summed E-state index contributed by atoms with van der Waals surface area (Å²) in [5.41, 5.74) is 2.07. The molecule has 0 fully saturated rings. The van der Waals surface area contributed by atoms with Gasteiger partial charge >= 0.3 is 5.97 Å². The van der Waals surface area contributed by atoms with Gasteiger partial charge in [-0.1, -0.05) is 60.7 Å². The minimum Gasteiger partial charge on any atom is -0.459 e. The molecule has 0 saturated heterocycles. The van der Waals surface area contributed by atoms with Gasteiger partial charge in [-0.25, -0.2) is 4.79 Å². The van der Waals surface area contributed by atoms with Crippen LogP contribution in [0.25, 0.3) is 0 Å². The van der Waals surface area contributed by atoms with Crippen LogP contribution in [0.5, 0.6) is 0 Å². The summed E-state index contributed by atoms with van der Waals surface area (Å²) in [6, 6.07) is 19.5. The molecule has 0 aromatic heterocycles. The quantitative estimate of drug-likeness (QED) is 0.526. The molecule has 0 heterocycles. The zero-order valence-corrected chi connectivity index (χ0v) is 13.3. The number of hydrogen-bond acceptors (Lipinski definition) is 4. The number of esters is 1. The molecular weight excluding hydrogens is 292 g/mol. The van der Waals surface area contributed by atoms with E-state index in [9.17, 15) is 4.79 Å². The number of carbonyl (C=O) groups is 1. The first-order valence-electron chi connectivity index (χ1n) is 7.69. The van der Waals surface area contributed by atoms with Gasteiger partial charge in [0.05, 0.1) is 19.8 Å². The molecule has 0 aliphatic rings. The number of rotatable bonds is 9. The summed E-state index contributed by atoms with van der Waals surface area (Å²) >= 11 is 0. The van der Waals surface area contributed by atoms with E-state index in [1.54, 1.807) is 6.92 Å². The van der Waals surface area contributed by atoms with Crippen LogP contribution in [0.1, 0.15) is 18.1 Å². The average molecular weight is 314 g/mol. The third-order valence-corrected chi connectivity index (χ3v) is 3.26. The Kier molecular flexibility index (Phi) is 7.30. The van der Waals surface area contributed by atoms with Crippen molar-refractivity contribution in [1.82, 2.24) is 0 Å². The Hall–Kier alpha value is -2.17. The first-order chi connectivity index (χ1) is 11.3. The summed E-state index contributed by atoms with van der Waals surface area (Å²) in [5.74, 6) is -0.364. The van der Waals surface area contributed by atoms with E-state index in [4.69, 9.17) is 14.2 Å². The summed E-state index contributed by atoms with van der Waals surface area (Å²) in [6.07, 6.45) is -0.598. The van der Waals surface area contributed by atoms with E-state index >= 15 is 0 Å². The fourth-order valence-corrected chi connectivity index (χ4v) is 1.96. The zero-order valence-electron chi connectivity index (χ0n) is 13.3. The van der Waals surface area contributed by atoms with Crippen molar-refractivity contribution in [1.29, 1.82) is 0 Å². The second kappa shape index (κ2) is 9.77. The van der Waals surface area contributed by atoms with Crippen molar-refractivity contribution in [2.24, 2.45) is 0 Å². The Balaban J connectivity index is 1.57. The molecule has 2 aromatic carbocycles. The highest BCUT2D eigenvalue weighted by atomic mass is 16.6. The van der Waals surface area contributed by atoms with E-state index in [1.165, 1.54) is 0 Å². The van der Waals surface area contributed by atoms with E-state index in [2.05, 4.69) is 0 Å². The van der Waals surface area contributed by atoms with E-state index in [0.29, 0.717) is 19.8 Å². The molecule has 0 N–H and O–H groups in total. The standard InChI is InChI=1S/C19H22O4/c1-16(19(20)23-15-18-10-6-3-7-11-18)22-13-12-21-14-17-8-4-2-5-9-17/h2-11,16H,12-15H2,1H3/t16-/m0/s1. The summed E-state index contributed by atoms with van der Waals surface area (Å²) in [5, 5.41) is 0. The van der Waals surface area contributed by atoms with Crippen LogP contribution in [0, 0.1) is 0 Å². The molecule has 0 saturated carbocycles. The Morgan fingerprint density at radius 3 is 2.04 bits per heavy atom. The SMILES string of the molecule is C[C@H](OCCOCc1ccccc1)C(=O)OCc1ccccc1. The van der Waals surface area contributed by atoms with Crippen molar-refractivity contribution in [3.63, 3.8) is 0 Å². The number of carbonyl (C=O) groups excluding carboxylic acids is 1. The van der Waals surface area contributed by atoms with Crippen LogP contribution in [-0.2, 0) is 32.2 Å². The summed E-state index contributed by atoms with van der Waals surface area (Å²) < 4.78 is 16.1. The lowest BCUT2D eigenvalue weighted by Crippen LogP contribution is -2.24. The van der Waals surface area contributed by atoms with E-state index in [-0.39, 0.29) is 12.6 Å². The summed E-state index contributed by atoms with van der Waals surface area (Å²) in [4.78, 5) is 11.8. The second-order valence-electron chi connectivity index (χ2n) is 5.14. The van der Waals surface area contributed by atoms with Crippen molar-refractivity contribution in [3.05, 3.63) is 71.8 Å². The topological polar surface area (TPSA) is 44.8 Å². The van der Waals surface area contributed by atoms with Crippen molar-refractivity contribution < 1.29 is 19.0 Å². The van der Waals surface area contributed by atoms with Gasteiger partial charge in [0.2, 0.25) is 0 Å². The highest BCUT2D eigenvalue weighted by Gasteiger charge is 2.14. The van der Waals surface area contributed by atoms with Crippen LogP contribution in [0.2, 0.25) is 0 Å². The monoisotopic (exact) mass is 314 g/mol. The van der Waals surface area contributed by atoms with Gasteiger partial charge in [-0.3, -0.25) is 0 Å². The molecule has 2 aromatic rings. The lowest BCUT2D eigenvalue weighted by Gasteiger charge is -2.13. The third-order valence-electron chi connectivity index (χ3n) is 3.26. The van der Waals surface area contributed by atoms with E-state index < -0.39 is 6.10 Å². The highest BCUT2D eigenvalue weighted by Crippen LogP contribution is 2.04. The van der Waals surface area contributed by atoms with Gasteiger partial charge in [-0.15, -0.1) is 0 Å². The van der Waals surface area contributed by atoms with Gasteiger partial charge in [0.15, 0.2) is 6.10 Å². The van der Waals surface area contributed by atoms with Gasteiger partial charge in [0, 0.05) is 0 Å². The Bertz CT molecular complexity index is 568. The molecule has 0 bridgehead atoms. The van der Waals surface area contributed by atoms with Crippen LogP contribution in [0.15, 0.2) is 60.7 Å². The highest BCUT2D eigenvalue weighted by molar-refractivity contribution is 5.74. The normalized spacial score (nSPS) is 11.9. The molecule has 23 heavy (non-hydrogen) atoms. The minimum atomic E-state index is -0.598. The molecule has 0 aliphatic heterocycles. The largest absolute Gasteiger partial charge is 0.459 e. The van der Waals surface area contributed by atoms with Crippen molar-refractivity contribution >= 4 is 5.97 Å². The lowest BCUT2D eigenvalue weighted by atomic mass is 10.2. The first kappa shape index (κ1) is 17.2. The lowest BCUT2D eigenvalue weighted by molar-refractivity contribution is -0.158. The van der Waals surface area contributed by atoms with Crippen LogP contribution in [0.4, 0.5) is 0 Å². The average Bonchev–Trinajstić information content (AvgIpc) is 2.61. The fourth-order valence-electron chi connectivity index (χ4n) is 1.96. The molecule has 0 radical (unpaired) electrons. The fraction of sp³-hybridized carbons (Fsp3) is 0.316. The number of hydrogen-bond donors (Lipinski definition) is 0. The van der Waals surface area contributed by atoms with Gasteiger partial charge in [-0.2, -0.15) is 0 Å². The molecule has 0 aliphatic carbocycles. The van der Waals surface area contributed by atoms with E-state index in [0.717, 1.165) is 11.1 Å². The van der Waals surface area contributed by atoms with Gasteiger partial charge in [-0.05, 0) is 18.1 Å². The molecule has 122 valence electrons. The van der Waals surface area contributed by atoms with Crippen LogP contribution >= 0.6 is 0 Å². The summed E-state index contributed by atoms with van der Waals surface area (Å²) in [7, 11) is 0. The molecule has 1 atom stereocenters. The van der Waals surface area contributed by atoms with E-state index in [1.807, 2.05) is 60.7 Å². The predicted octanol–water partition coefficient (Wildman–Crippen LogP) is 3.35. The Morgan fingerprint density at radius 1 is 0.870 bits per heavy atom. The smallest absolute Gasteiger partial charge is 0.335 e. The Labute approximate surface area is 137 Å². The zero-order chi connectivity index (χ0) is 16.3. The third kappa shape index (κ3) is 6.63. The molecule has 2 rings (SSSR count). The molecule has 0 unspecified atom stereocenters. The minimum absolute atomic E-state index is 0.262. The molecule has 0 spiro atoms.